The predicted molar refractivity (Wildman–Crippen MR) is 140 cm³/mol. The summed E-state index contributed by atoms with van der Waals surface area (Å²) in [7, 11) is 0. The fourth-order valence-corrected chi connectivity index (χ4v) is 4.78. The van der Waals surface area contributed by atoms with Crippen LogP contribution >= 0.6 is 0 Å². The van der Waals surface area contributed by atoms with Gasteiger partial charge in [-0.15, -0.1) is 0 Å². The highest BCUT2D eigenvalue weighted by atomic mass is 16.4. The lowest BCUT2D eigenvalue weighted by atomic mass is 9.90. The second kappa shape index (κ2) is 8.64. The molecular weight excluding hydrogens is 456 g/mol. The van der Waals surface area contributed by atoms with Gasteiger partial charge in [0.05, 0.1) is 22.6 Å². The average molecular weight is 483 g/mol. The molecule has 8 nitrogen and oxygen atoms in total. The van der Waals surface area contributed by atoms with Crippen molar-refractivity contribution in [1.82, 2.24) is 0 Å². The highest BCUT2D eigenvalue weighted by Gasteiger charge is 2.33. The van der Waals surface area contributed by atoms with Crippen molar-refractivity contribution in [1.29, 1.82) is 0 Å². The van der Waals surface area contributed by atoms with Crippen LogP contribution in [0, 0.1) is 5.41 Å². The predicted octanol–water partition coefficient (Wildman–Crippen LogP) is 5.07. The molecule has 3 aromatic carbocycles. The number of anilines is 2. The van der Waals surface area contributed by atoms with Crippen LogP contribution < -0.4 is 10.4 Å². The molecule has 0 unspecified atom stereocenters. The lowest BCUT2D eigenvalue weighted by Crippen LogP contribution is -2.28. The number of phenolic OH excluding ortho intramolecular Hbond substituents is 1. The number of amides is 1. The van der Waals surface area contributed by atoms with Gasteiger partial charge in [-0.25, -0.2) is 4.79 Å². The van der Waals surface area contributed by atoms with E-state index in [1.54, 1.807) is 37.3 Å². The molecule has 8 heteroatoms. The third-order valence-electron chi connectivity index (χ3n) is 6.50. The first-order valence-electron chi connectivity index (χ1n) is 11.6. The van der Waals surface area contributed by atoms with E-state index in [1.165, 1.54) is 28.3 Å². The van der Waals surface area contributed by atoms with Gasteiger partial charge in [0.1, 0.15) is 5.75 Å². The monoisotopic (exact) mass is 482 g/mol. The number of phenols is 1. The van der Waals surface area contributed by atoms with Crippen LogP contribution in [0.25, 0.3) is 11.1 Å². The normalized spacial score (nSPS) is 17.3. The summed E-state index contributed by atoms with van der Waals surface area (Å²) in [6.07, 6.45) is 1.97. The number of hydrogen-bond donors (Lipinski definition) is 3. The van der Waals surface area contributed by atoms with Gasteiger partial charge in [-0.05, 0) is 72.2 Å². The van der Waals surface area contributed by atoms with Crippen molar-refractivity contribution in [2.75, 3.05) is 10.4 Å². The number of carboxylic acid groups (broad SMARTS) is 1. The van der Waals surface area contributed by atoms with Crippen molar-refractivity contribution in [2.45, 2.75) is 33.6 Å². The summed E-state index contributed by atoms with van der Waals surface area (Å²) in [6.45, 7) is 6.18. The minimum Gasteiger partial charge on any atom is -0.505 e. The summed E-state index contributed by atoms with van der Waals surface area (Å²) in [5.41, 5.74) is 8.20. The highest BCUT2D eigenvalue weighted by Crippen LogP contribution is 2.38. The molecule has 1 aliphatic heterocycles. The van der Waals surface area contributed by atoms with Gasteiger partial charge in [-0.1, -0.05) is 44.2 Å². The molecule has 0 bridgehead atoms. The quantitative estimate of drug-likeness (QED) is 0.347. The Bertz CT molecular complexity index is 1470. The van der Waals surface area contributed by atoms with Crippen LogP contribution in [0.2, 0.25) is 0 Å². The molecule has 3 aromatic rings. The Morgan fingerprint density at radius 2 is 1.81 bits per heavy atom. The van der Waals surface area contributed by atoms with E-state index in [0.29, 0.717) is 22.5 Å². The number of hydrogen-bond acceptors (Lipinski definition) is 6. The number of nitrogens with zero attached hydrogens (tertiary/aromatic N) is 3. The van der Waals surface area contributed by atoms with Gasteiger partial charge in [0.25, 0.3) is 0 Å². The number of nitrogens with one attached hydrogen (secondary N) is 1. The Balaban J connectivity index is 1.39. The molecule has 2 aliphatic rings. The first-order chi connectivity index (χ1) is 17.1. The molecule has 0 spiro atoms. The lowest BCUT2D eigenvalue weighted by molar-refractivity contribution is -0.112. The van der Waals surface area contributed by atoms with Crippen LogP contribution in [0.15, 0.2) is 70.9 Å². The van der Waals surface area contributed by atoms with Crippen molar-refractivity contribution in [3.8, 4) is 16.9 Å². The van der Waals surface area contributed by atoms with Gasteiger partial charge in [-0.2, -0.15) is 15.2 Å². The number of fused-ring (bicyclic) bond motifs is 1. The van der Waals surface area contributed by atoms with Gasteiger partial charge < -0.3 is 10.2 Å². The third-order valence-corrected chi connectivity index (χ3v) is 6.50. The first-order valence-corrected chi connectivity index (χ1v) is 11.6. The largest absolute Gasteiger partial charge is 0.505 e. The van der Waals surface area contributed by atoms with Gasteiger partial charge >= 0.3 is 11.9 Å². The first kappa shape index (κ1) is 23.3. The molecule has 0 aromatic heterocycles. The zero-order valence-electron chi connectivity index (χ0n) is 20.2. The number of carboxylic acids is 1. The van der Waals surface area contributed by atoms with E-state index >= 15 is 0 Å². The van der Waals surface area contributed by atoms with Crippen molar-refractivity contribution in [2.24, 2.45) is 15.6 Å². The van der Waals surface area contributed by atoms with Crippen LogP contribution in [0.4, 0.5) is 11.4 Å². The summed E-state index contributed by atoms with van der Waals surface area (Å²) >= 11 is 0. The third kappa shape index (κ3) is 4.22. The Kier molecular flexibility index (Phi) is 5.59. The maximum atomic E-state index is 13.2. The van der Waals surface area contributed by atoms with Crippen molar-refractivity contribution in [3.05, 3.63) is 77.4 Å². The van der Waals surface area contributed by atoms with Crippen LogP contribution in [0.5, 0.6) is 5.75 Å². The molecule has 0 fully saturated rings. The van der Waals surface area contributed by atoms with E-state index in [-0.39, 0.29) is 34.0 Å². The summed E-state index contributed by atoms with van der Waals surface area (Å²) in [4.78, 5) is 24.5. The minimum atomic E-state index is -1.05. The number of aromatic carboxylic acids is 1. The van der Waals surface area contributed by atoms with Gasteiger partial charge in [0.2, 0.25) is 0 Å². The summed E-state index contributed by atoms with van der Waals surface area (Å²) in [6, 6.07) is 17.3. The van der Waals surface area contributed by atoms with E-state index in [4.69, 9.17) is 0 Å². The molecular formula is C28H26N4O4. The number of para-hydroxylation sites is 1. The molecule has 0 radical (unpaired) electrons. The van der Waals surface area contributed by atoms with E-state index in [2.05, 4.69) is 35.5 Å². The summed E-state index contributed by atoms with van der Waals surface area (Å²) in [5.74, 6) is -1.52. The summed E-state index contributed by atoms with van der Waals surface area (Å²) in [5, 5.41) is 30.1. The Morgan fingerprint density at radius 1 is 1.06 bits per heavy atom. The smallest absolute Gasteiger partial charge is 0.335 e. The zero-order chi connectivity index (χ0) is 25.6. The average Bonchev–Trinajstić information content (AvgIpc) is 3.31. The Morgan fingerprint density at radius 3 is 2.58 bits per heavy atom. The van der Waals surface area contributed by atoms with Gasteiger partial charge in [-0.3, -0.25) is 10.2 Å². The highest BCUT2D eigenvalue weighted by molar-refractivity contribution is 6.71. The molecule has 1 aliphatic carbocycles. The van der Waals surface area contributed by atoms with Crippen molar-refractivity contribution in [3.63, 3.8) is 0 Å². The fraction of sp³-hybridized carbons (Fsp3) is 0.214. The molecule has 3 N–H and O–H groups in total. The second-order valence-corrected chi connectivity index (χ2v) is 9.93. The molecule has 5 rings (SSSR count). The maximum absolute atomic E-state index is 13.2. The van der Waals surface area contributed by atoms with E-state index < -0.39 is 5.97 Å². The molecule has 0 atom stereocenters. The molecule has 182 valence electrons. The van der Waals surface area contributed by atoms with E-state index in [0.717, 1.165) is 12.8 Å². The number of rotatable bonds is 5. The summed E-state index contributed by atoms with van der Waals surface area (Å²) < 4.78 is 0. The topological polar surface area (TPSA) is 115 Å². The van der Waals surface area contributed by atoms with Crippen LogP contribution in [0.1, 0.15) is 42.3 Å². The number of carbonyl (C=O) groups excluding carboxylic acids is 1. The number of hydrazone groups is 2. The number of benzene rings is 3. The number of carbonyl (C=O) groups is 2. The SMILES string of the molecule is CC1=NN(c2ccc3c(c2)CC(C)(C)C3)C(=O)/C1=N\Nc1cccc(-c2cccc(C(=O)O)c2)c1O. The molecule has 1 heterocycles. The van der Waals surface area contributed by atoms with Gasteiger partial charge in [0, 0.05) is 5.56 Å². The Hall–Kier alpha value is -4.46. The van der Waals surface area contributed by atoms with E-state index in [1.807, 2.05) is 12.1 Å². The number of aromatic hydroxyl groups is 1. The van der Waals surface area contributed by atoms with Gasteiger partial charge in [0.15, 0.2) is 5.71 Å². The standard InChI is InChI=1S/C28H26N4O4/c1-16-24(26(34)32(31-16)21-11-10-19-14-28(2,3)15-20(19)13-21)30-29-23-9-5-8-22(25(23)33)17-6-4-7-18(12-17)27(35)36/h4-13,29,33H,14-15H2,1-3H3,(H,35,36)/b30-24-. The molecule has 0 saturated carbocycles. The van der Waals surface area contributed by atoms with E-state index in [9.17, 15) is 19.8 Å². The van der Waals surface area contributed by atoms with Crippen LogP contribution in [-0.4, -0.2) is 33.5 Å². The molecule has 36 heavy (non-hydrogen) atoms. The van der Waals surface area contributed by atoms with Crippen LogP contribution in [-0.2, 0) is 17.6 Å². The maximum Gasteiger partial charge on any atom is 0.335 e. The molecule has 0 saturated heterocycles. The second-order valence-electron chi connectivity index (χ2n) is 9.93. The zero-order valence-corrected chi connectivity index (χ0v) is 20.2. The van der Waals surface area contributed by atoms with Crippen molar-refractivity contribution < 1.29 is 19.8 Å². The minimum absolute atomic E-state index is 0.109. The van der Waals surface area contributed by atoms with Crippen molar-refractivity contribution >= 4 is 34.7 Å². The van der Waals surface area contributed by atoms with Crippen LogP contribution in [0.3, 0.4) is 0 Å². The fourth-order valence-electron chi connectivity index (χ4n) is 4.78. The lowest BCUT2D eigenvalue weighted by Gasteiger charge is -2.15. The Labute approximate surface area is 208 Å². The molecule has 1 amide bonds.